The van der Waals surface area contributed by atoms with E-state index in [0.29, 0.717) is 11.4 Å². The van der Waals surface area contributed by atoms with Crippen LogP contribution in [0, 0.1) is 5.82 Å². The number of amides is 1. The van der Waals surface area contributed by atoms with Crippen LogP contribution in [0.3, 0.4) is 0 Å². The number of carbonyl (C=O) groups excluding carboxylic acids is 1. The molecule has 0 atom stereocenters. The van der Waals surface area contributed by atoms with Gasteiger partial charge >= 0.3 is 0 Å². The number of nitrogens with two attached hydrogens (primary N) is 2. The van der Waals surface area contributed by atoms with E-state index in [-0.39, 0.29) is 12.2 Å². The highest BCUT2D eigenvalue weighted by Crippen LogP contribution is 2.38. The summed E-state index contributed by atoms with van der Waals surface area (Å²) in [6.07, 6.45) is 1.70. The van der Waals surface area contributed by atoms with E-state index in [4.69, 9.17) is 11.5 Å². The summed E-state index contributed by atoms with van der Waals surface area (Å²) < 4.78 is 15.1. The summed E-state index contributed by atoms with van der Waals surface area (Å²) in [4.78, 5) is 11.4. The predicted molar refractivity (Wildman–Crippen MR) is 93.7 cm³/mol. The summed E-state index contributed by atoms with van der Waals surface area (Å²) >= 11 is 0. The van der Waals surface area contributed by atoms with Crippen molar-refractivity contribution in [2.45, 2.75) is 19.3 Å². The van der Waals surface area contributed by atoms with Crippen LogP contribution in [-0.2, 0) is 24.1 Å². The van der Waals surface area contributed by atoms with Crippen LogP contribution in [0.1, 0.15) is 16.8 Å². The lowest BCUT2D eigenvalue weighted by atomic mass is 9.88. The summed E-state index contributed by atoms with van der Waals surface area (Å²) in [7, 11) is 0. The second kappa shape index (κ2) is 5.73. The van der Waals surface area contributed by atoms with Gasteiger partial charge in [0, 0.05) is 16.8 Å². The van der Waals surface area contributed by atoms with E-state index in [1.165, 1.54) is 17.7 Å². The topological polar surface area (TPSA) is 86.9 Å². The van der Waals surface area contributed by atoms with Crippen LogP contribution < -0.4 is 11.5 Å². The first-order valence-corrected chi connectivity index (χ1v) is 8.06. The van der Waals surface area contributed by atoms with E-state index >= 15 is 0 Å². The molecule has 2 aromatic carbocycles. The highest BCUT2D eigenvalue weighted by atomic mass is 19.1. The molecule has 6 heteroatoms. The number of anilines is 1. The molecule has 1 aliphatic rings. The van der Waals surface area contributed by atoms with Crippen molar-refractivity contribution in [2.75, 3.05) is 5.73 Å². The normalized spacial score (nSPS) is 12.5. The first-order valence-electron chi connectivity index (χ1n) is 8.06. The van der Waals surface area contributed by atoms with Gasteiger partial charge in [-0.25, -0.2) is 9.07 Å². The molecular weight excluding hydrogens is 319 g/mol. The van der Waals surface area contributed by atoms with Gasteiger partial charge in [0.2, 0.25) is 5.91 Å². The monoisotopic (exact) mass is 336 g/mol. The third kappa shape index (κ3) is 2.65. The Hall–Kier alpha value is -3.15. The molecule has 25 heavy (non-hydrogen) atoms. The van der Waals surface area contributed by atoms with Gasteiger partial charge in [0.15, 0.2) is 0 Å². The lowest BCUT2D eigenvalue weighted by Crippen LogP contribution is -2.15. The number of primary amides is 1. The Morgan fingerprint density at radius 2 is 1.92 bits per heavy atom. The number of nitrogen functional groups attached to an aromatic ring is 1. The number of fused-ring (bicyclic) bond motifs is 3. The minimum atomic E-state index is -0.426. The molecule has 1 aliphatic carbocycles. The predicted octanol–water partition coefficient (Wildman–Crippen LogP) is 2.39. The molecule has 126 valence electrons. The van der Waals surface area contributed by atoms with Crippen LogP contribution in [0.5, 0.6) is 0 Å². The summed E-state index contributed by atoms with van der Waals surface area (Å²) in [5.41, 5.74) is 17.5. The van der Waals surface area contributed by atoms with Crippen molar-refractivity contribution in [3.63, 3.8) is 0 Å². The third-order valence-electron chi connectivity index (χ3n) is 4.51. The summed E-state index contributed by atoms with van der Waals surface area (Å²) in [5.74, 6) is -0.739. The molecule has 0 radical (unpaired) electrons. The number of carbonyl (C=O) groups is 1. The smallest absolute Gasteiger partial charge is 0.223 e. The molecule has 3 aromatic rings. The largest absolute Gasteiger partial charge is 0.399 e. The van der Waals surface area contributed by atoms with Crippen molar-refractivity contribution < 1.29 is 9.18 Å². The molecule has 4 rings (SSSR count). The maximum Gasteiger partial charge on any atom is 0.223 e. The standard InChI is InChI=1S/C19H17FN4O/c20-12-3-6-14(7-4-12)24-19-15(17(23-24)10-18(22)25)8-2-11-1-5-13(21)9-16(11)19/h1,3-7,9H,2,8,10,21H2,(H2,22,25). The van der Waals surface area contributed by atoms with Gasteiger partial charge in [-0.15, -0.1) is 0 Å². The molecule has 0 saturated carbocycles. The zero-order valence-corrected chi connectivity index (χ0v) is 13.5. The first-order chi connectivity index (χ1) is 12.0. The average Bonchev–Trinajstić information content (AvgIpc) is 2.94. The van der Waals surface area contributed by atoms with Crippen molar-refractivity contribution in [1.29, 1.82) is 0 Å². The molecule has 0 fully saturated rings. The number of aromatic nitrogens is 2. The van der Waals surface area contributed by atoms with Gasteiger partial charge in [0.1, 0.15) is 5.82 Å². The number of nitrogens with zero attached hydrogens (tertiary/aromatic N) is 2. The fourth-order valence-electron chi connectivity index (χ4n) is 3.40. The van der Waals surface area contributed by atoms with Gasteiger partial charge < -0.3 is 11.5 Å². The maximum atomic E-state index is 13.3. The van der Waals surface area contributed by atoms with Crippen molar-refractivity contribution >= 4 is 11.6 Å². The number of benzene rings is 2. The van der Waals surface area contributed by atoms with Gasteiger partial charge in [-0.1, -0.05) is 6.07 Å². The van der Waals surface area contributed by atoms with E-state index < -0.39 is 5.91 Å². The average molecular weight is 336 g/mol. The molecule has 0 bridgehead atoms. The van der Waals surface area contributed by atoms with Crippen LogP contribution in [0.25, 0.3) is 16.9 Å². The van der Waals surface area contributed by atoms with E-state index in [9.17, 15) is 9.18 Å². The molecule has 4 N–H and O–H groups in total. The molecule has 0 aliphatic heterocycles. The Labute approximate surface area is 144 Å². The van der Waals surface area contributed by atoms with Crippen LogP contribution in [0.15, 0.2) is 42.5 Å². The number of hydrogen-bond donors (Lipinski definition) is 2. The highest BCUT2D eigenvalue weighted by molar-refractivity contribution is 5.80. The first kappa shape index (κ1) is 15.4. The maximum absolute atomic E-state index is 13.3. The van der Waals surface area contributed by atoms with Gasteiger partial charge in [0.05, 0.1) is 23.5 Å². The Morgan fingerprint density at radius 1 is 1.16 bits per heavy atom. The van der Waals surface area contributed by atoms with Gasteiger partial charge in [-0.3, -0.25) is 4.79 Å². The molecular formula is C19H17FN4O. The lowest BCUT2D eigenvalue weighted by Gasteiger charge is -2.19. The number of rotatable bonds is 3. The second-order valence-corrected chi connectivity index (χ2v) is 6.22. The number of aryl methyl sites for hydroxylation is 1. The zero-order valence-electron chi connectivity index (χ0n) is 13.5. The lowest BCUT2D eigenvalue weighted by molar-refractivity contribution is -0.117. The van der Waals surface area contributed by atoms with Crippen LogP contribution >= 0.6 is 0 Å². The second-order valence-electron chi connectivity index (χ2n) is 6.22. The van der Waals surface area contributed by atoms with Crippen molar-refractivity contribution in [3.05, 3.63) is 65.1 Å². The Morgan fingerprint density at radius 3 is 2.64 bits per heavy atom. The molecule has 0 unspecified atom stereocenters. The van der Waals surface area contributed by atoms with E-state index in [0.717, 1.165) is 35.3 Å². The third-order valence-corrected chi connectivity index (χ3v) is 4.51. The molecule has 0 spiro atoms. The quantitative estimate of drug-likeness (QED) is 0.720. The summed E-state index contributed by atoms with van der Waals surface area (Å²) in [5, 5.41) is 4.61. The fourth-order valence-corrected chi connectivity index (χ4v) is 3.40. The van der Waals surface area contributed by atoms with Crippen molar-refractivity contribution in [3.8, 4) is 16.9 Å². The summed E-state index contributed by atoms with van der Waals surface area (Å²) in [6, 6.07) is 11.9. The molecule has 0 saturated heterocycles. The number of hydrogen-bond acceptors (Lipinski definition) is 3. The molecule has 1 heterocycles. The fraction of sp³-hybridized carbons (Fsp3) is 0.158. The molecule has 5 nitrogen and oxygen atoms in total. The molecule has 1 aromatic heterocycles. The zero-order chi connectivity index (χ0) is 17.6. The van der Waals surface area contributed by atoms with E-state index in [1.54, 1.807) is 16.8 Å². The minimum Gasteiger partial charge on any atom is -0.399 e. The van der Waals surface area contributed by atoms with Crippen molar-refractivity contribution in [1.82, 2.24) is 9.78 Å². The van der Waals surface area contributed by atoms with Gasteiger partial charge in [0.25, 0.3) is 0 Å². The Kier molecular flexibility index (Phi) is 3.53. The van der Waals surface area contributed by atoms with Crippen LogP contribution in [-0.4, -0.2) is 15.7 Å². The van der Waals surface area contributed by atoms with Gasteiger partial charge in [-0.05, 0) is 54.8 Å². The number of halogens is 1. The van der Waals surface area contributed by atoms with Gasteiger partial charge in [-0.2, -0.15) is 5.10 Å². The van der Waals surface area contributed by atoms with E-state index in [2.05, 4.69) is 5.10 Å². The van der Waals surface area contributed by atoms with Crippen LogP contribution in [0.4, 0.5) is 10.1 Å². The summed E-state index contributed by atoms with van der Waals surface area (Å²) in [6.45, 7) is 0. The molecule has 1 amide bonds. The minimum absolute atomic E-state index is 0.0776. The Balaban J connectivity index is 1.97. The highest BCUT2D eigenvalue weighted by Gasteiger charge is 2.26. The van der Waals surface area contributed by atoms with Crippen LogP contribution in [0.2, 0.25) is 0 Å². The Bertz CT molecular complexity index is 976. The van der Waals surface area contributed by atoms with E-state index in [1.807, 2.05) is 18.2 Å². The SMILES string of the molecule is NC(=O)Cc1nn(-c2ccc(F)cc2)c2c1CCc1ccc(N)cc1-2. The van der Waals surface area contributed by atoms with Crippen molar-refractivity contribution in [2.24, 2.45) is 5.73 Å².